The lowest BCUT2D eigenvalue weighted by Gasteiger charge is -2.30. The molecule has 0 aliphatic carbocycles. The Bertz CT molecular complexity index is 605. The first-order chi connectivity index (χ1) is 10.3. The van der Waals surface area contributed by atoms with Crippen LogP contribution in [0.5, 0.6) is 0 Å². The molecule has 124 valence electrons. The van der Waals surface area contributed by atoms with E-state index in [1.807, 2.05) is 19.9 Å². The number of hydrogen-bond donors (Lipinski definition) is 1. The van der Waals surface area contributed by atoms with Crippen molar-refractivity contribution >= 4 is 10.0 Å². The van der Waals surface area contributed by atoms with E-state index in [1.165, 1.54) is 12.8 Å². The van der Waals surface area contributed by atoms with Crippen LogP contribution in [0, 0.1) is 19.8 Å². The smallest absolute Gasteiger partial charge is 0.240 e. The maximum absolute atomic E-state index is 12.5. The van der Waals surface area contributed by atoms with Crippen LogP contribution in [0.4, 0.5) is 0 Å². The first-order valence-electron chi connectivity index (χ1n) is 8.12. The Morgan fingerprint density at radius 2 is 1.77 bits per heavy atom. The van der Waals surface area contributed by atoms with E-state index in [-0.39, 0.29) is 6.04 Å². The quantitative estimate of drug-likeness (QED) is 0.875. The van der Waals surface area contributed by atoms with Crippen molar-refractivity contribution in [2.24, 2.45) is 5.92 Å². The molecule has 0 radical (unpaired) electrons. The van der Waals surface area contributed by atoms with Gasteiger partial charge in [0.05, 0.1) is 4.90 Å². The van der Waals surface area contributed by atoms with Crippen LogP contribution in [0.15, 0.2) is 23.1 Å². The van der Waals surface area contributed by atoms with Crippen LogP contribution in [-0.4, -0.2) is 39.0 Å². The van der Waals surface area contributed by atoms with Crippen molar-refractivity contribution in [1.82, 2.24) is 9.62 Å². The third kappa shape index (κ3) is 4.09. The molecule has 0 saturated carbocycles. The number of nitrogens with one attached hydrogen (secondary N) is 1. The summed E-state index contributed by atoms with van der Waals surface area (Å²) in [7, 11) is -3.43. The van der Waals surface area contributed by atoms with E-state index in [0.29, 0.717) is 17.4 Å². The van der Waals surface area contributed by atoms with Crippen LogP contribution in [0.2, 0.25) is 0 Å². The van der Waals surface area contributed by atoms with Gasteiger partial charge < -0.3 is 0 Å². The number of hydrogen-bond acceptors (Lipinski definition) is 3. The molecule has 1 aliphatic rings. The van der Waals surface area contributed by atoms with Crippen molar-refractivity contribution in [1.29, 1.82) is 0 Å². The Hall–Kier alpha value is -0.910. The molecule has 0 aromatic heterocycles. The molecule has 0 spiro atoms. The zero-order valence-electron chi connectivity index (χ0n) is 14.1. The minimum absolute atomic E-state index is 0.267. The highest BCUT2D eigenvalue weighted by atomic mass is 32.2. The summed E-state index contributed by atoms with van der Waals surface area (Å²) >= 11 is 0. The summed E-state index contributed by atoms with van der Waals surface area (Å²) in [6.45, 7) is 10.9. The average molecular weight is 324 g/mol. The lowest BCUT2D eigenvalue weighted by Crippen LogP contribution is -2.45. The van der Waals surface area contributed by atoms with Gasteiger partial charge in [0.2, 0.25) is 10.0 Å². The number of benzene rings is 1. The number of likely N-dealkylation sites (tertiary alicyclic amines) is 1. The average Bonchev–Trinajstić information content (AvgIpc) is 2.95. The Balaban J connectivity index is 2.08. The van der Waals surface area contributed by atoms with E-state index in [1.54, 1.807) is 12.1 Å². The number of sulfonamides is 1. The SMILES string of the molecule is Cc1ccc(S(=O)(=O)NCC(C(C)C)N2CCCC2)cc1C. The minimum atomic E-state index is -3.43. The predicted molar refractivity (Wildman–Crippen MR) is 90.5 cm³/mol. The van der Waals surface area contributed by atoms with Crippen molar-refractivity contribution in [3.63, 3.8) is 0 Å². The van der Waals surface area contributed by atoms with Gasteiger partial charge in [0.15, 0.2) is 0 Å². The largest absolute Gasteiger partial charge is 0.299 e. The Labute approximate surface area is 135 Å². The van der Waals surface area contributed by atoms with Crippen molar-refractivity contribution in [3.05, 3.63) is 29.3 Å². The molecule has 4 nitrogen and oxygen atoms in total. The van der Waals surface area contributed by atoms with E-state index in [2.05, 4.69) is 23.5 Å². The summed E-state index contributed by atoms with van der Waals surface area (Å²) in [6, 6.07) is 5.57. The fourth-order valence-electron chi connectivity index (χ4n) is 3.02. The summed E-state index contributed by atoms with van der Waals surface area (Å²) in [6.07, 6.45) is 2.43. The van der Waals surface area contributed by atoms with Gasteiger partial charge in [0, 0.05) is 12.6 Å². The molecule has 1 aromatic carbocycles. The molecule has 0 amide bonds. The first-order valence-corrected chi connectivity index (χ1v) is 9.60. The van der Waals surface area contributed by atoms with Gasteiger partial charge in [0.25, 0.3) is 0 Å². The van der Waals surface area contributed by atoms with Crippen LogP contribution in [0.3, 0.4) is 0 Å². The second kappa shape index (κ2) is 7.11. The highest BCUT2D eigenvalue weighted by Crippen LogP contribution is 2.19. The topological polar surface area (TPSA) is 49.4 Å². The van der Waals surface area contributed by atoms with E-state index < -0.39 is 10.0 Å². The number of aryl methyl sites for hydroxylation is 2. The highest BCUT2D eigenvalue weighted by molar-refractivity contribution is 7.89. The molecule has 1 N–H and O–H groups in total. The third-order valence-corrected chi connectivity index (χ3v) is 6.07. The molecule has 1 aromatic rings. The van der Waals surface area contributed by atoms with Gasteiger partial charge in [0.1, 0.15) is 0 Å². The van der Waals surface area contributed by atoms with E-state index in [9.17, 15) is 8.42 Å². The molecular formula is C17H28N2O2S. The van der Waals surface area contributed by atoms with Crippen molar-refractivity contribution in [2.45, 2.75) is 51.5 Å². The van der Waals surface area contributed by atoms with Crippen molar-refractivity contribution in [3.8, 4) is 0 Å². The molecule has 22 heavy (non-hydrogen) atoms. The summed E-state index contributed by atoms with van der Waals surface area (Å²) in [5.74, 6) is 0.431. The van der Waals surface area contributed by atoms with Gasteiger partial charge in [-0.05, 0) is 69.0 Å². The maximum Gasteiger partial charge on any atom is 0.240 e. The van der Waals surface area contributed by atoms with Gasteiger partial charge in [-0.2, -0.15) is 0 Å². The molecule has 1 saturated heterocycles. The molecule has 1 unspecified atom stereocenters. The summed E-state index contributed by atoms with van der Waals surface area (Å²) in [5, 5.41) is 0. The lowest BCUT2D eigenvalue weighted by molar-refractivity contribution is 0.193. The zero-order chi connectivity index (χ0) is 16.3. The van der Waals surface area contributed by atoms with Crippen LogP contribution < -0.4 is 4.72 Å². The van der Waals surface area contributed by atoms with Gasteiger partial charge >= 0.3 is 0 Å². The Morgan fingerprint density at radius 1 is 1.14 bits per heavy atom. The minimum Gasteiger partial charge on any atom is -0.299 e. The highest BCUT2D eigenvalue weighted by Gasteiger charge is 2.26. The van der Waals surface area contributed by atoms with Gasteiger partial charge in [-0.25, -0.2) is 13.1 Å². The molecule has 1 heterocycles. The molecule has 1 fully saturated rings. The van der Waals surface area contributed by atoms with E-state index in [4.69, 9.17) is 0 Å². The fraction of sp³-hybridized carbons (Fsp3) is 0.647. The van der Waals surface area contributed by atoms with Crippen molar-refractivity contribution < 1.29 is 8.42 Å². The fourth-order valence-corrected chi connectivity index (χ4v) is 4.16. The van der Waals surface area contributed by atoms with Crippen LogP contribution >= 0.6 is 0 Å². The number of nitrogens with zero attached hydrogens (tertiary/aromatic N) is 1. The van der Waals surface area contributed by atoms with Crippen LogP contribution in [0.25, 0.3) is 0 Å². The standard InChI is InChI=1S/C17H28N2O2S/c1-13(2)17(19-9-5-6-10-19)12-18-22(20,21)16-8-7-14(3)15(4)11-16/h7-8,11,13,17-18H,5-6,9-10,12H2,1-4H3. The molecule has 1 aliphatic heterocycles. The second-order valence-corrected chi connectivity index (χ2v) is 8.42. The van der Waals surface area contributed by atoms with E-state index >= 15 is 0 Å². The maximum atomic E-state index is 12.5. The van der Waals surface area contributed by atoms with Gasteiger partial charge in [-0.1, -0.05) is 19.9 Å². The van der Waals surface area contributed by atoms with Crippen LogP contribution in [0.1, 0.15) is 37.8 Å². The normalized spacial score (nSPS) is 18.0. The lowest BCUT2D eigenvalue weighted by atomic mass is 10.0. The monoisotopic (exact) mass is 324 g/mol. The predicted octanol–water partition coefficient (Wildman–Crippen LogP) is 2.70. The molecular weight excluding hydrogens is 296 g/mol. The molecule has 0 bridgehead atoms. The first kappa shape index (κ1) is 17.4. The molecule has 5 heteroatoms. The Kier molecular flexibility index (Phi) is 5.64. The second-order valence-electron chi connectivity index (χ2n) is 6.65. The summed E-state index contributed by atoms with van der Waals surface area (Å²) in [4.78, 5) is 2.77. The van der Waals surface area contributed by atoms with E-state index in [0.717, 1.165) is 24.2 Å². The summed E-state index contributed by atoms with van der Waals surface area (Å²) in [5.41, 5.74) is 2.11. The van der Waals surface area contributed by atoms with Crippen molar-refractivity contribution in [2.75, 3.05) is 19.6 Å². The zero-order valence-corrected chi connectivity index (χ0v) is 14.9. The van der Waals surface area contributed by atoms with Crippen LogP contribution in [-0.2, 0) is 10.0 Å². The van der Waals surface area contributed by atoms with Gasteiger partial charge in [-0.15, -0.1) is 0 Å². The molecule has 2 rings (SSSR count). The summed E-state index contributed by atoms with van der Waals surface area (Å²) < 4.78 is 27.8. The number of rotatable bonds is 6. The Morgan fingerprint density at radius 3 is 2.32 bits per heavy atom. The molecule has 1 atom stereocenters. The van der Waals surface area contributed by atoms with Gasteiger partial charge in [-0.3, -0.25) is 4.90 Å². The third-order valence-electron chi connectivity index (χ3n) is 4.65.